The molecule has 6 heteroatoms. The average molecular weight is 296 g/mol. The summed E-state index contributed by atoms with van der Waals surface area (Å²) in [6, 6.07) is 7.23. The molecule has 2 aromatic rings. The van der Waals surface area contributed by atoms with Crippen molar-refractivity contribution in [2.45, 2.75) is 25.9 Å². The average Bonchev–Trinajstić information content (AvgIpc) is 2.88. The first-order valence-electron chi connectivity index (χ1n) is 6.33. The number of halogens is 1. The van der Waals surface area contributed by atoms with Crippen LogP contribution in [0.2, 0.25) is 5.02 Å². The Kier molecular flexibility index (Phi) is 4.42. The number of aliphatic hydroxyl groups excluding tert-OH is 1. The lowest BCUT2D eigenvalue weighted by Gasteiger charge is -2.32. The summed E-state index contributed by atoms with van der Waals surface area (Å²) in [4.78, 5) is 1.96. The fourth-order valence-corrected chi connectivity index (χ4v) is 1.69. The molecule has 1 N–H and O–H groups in total. The molecule has 0 bridgehead atoms. The van der Waals surface area contributed by atoms with Crippen LogP contribution in [0, 0.1) is 0 Å². The smallest absolute Gasteiger partial charge is 0.247 e. The number of aromatic nitrogens is 2. The van der Waals surface area contributed by atoms with Gasteiger partial charge in [-0.1, -0.05) is 11.6 Å². The molecule has 0 fully saturated rings. The standard InChI is InChI=1S/C14H18ClN3O2/c1-14(2,9-19)18(3)8-12-16-17-13(20-12)10-4-6-11(15)7-5-10/h4-7,19H,8-9H2,1-3H3. The lowest BCUT2D eigenvalue weighted by molar-refractivity contribution is 0.0670. The summed E-state index contributed by atoms with van der Waals surface area (Å²) in [5, 5.41) is 18.1. The molecule has 0 radical (unpaired) electrons. The molecule has 1 aromatic carbocycles. The first-order chi connectivity index (χ1) is 9.42. The maximum atomic E-state index is 9.33. The van der Waals surface area contributed by atoms with Crippen molar-refractivity contribution < 1.29 is 9.52 Å². The quantitative estimate of drug-likeness (QED) is 0.918. The second-order valence-electron chi connectivity index (χ2n) is 5.33. The molecule has 108 valence electrons. The minimum absolute atomic E-state index is 0.0572. The van der Waals surface area contributed by atoms with Gasteiger partial charge < -0.3 is 9.52 Å². The van der Waals surface area contributed by atoms with Crippen LogP contribution in [0.15, 0.2) is 28.7 Å². The Morgan fingerprint density at radius 1 is 1.25 bits per heavy atom. The summed E-state index contributed by atoms with van der Waals surface area (Å²) in [5.74, 6) is 0.978. The molecule has 1 heterocycles. The van der Waals surface area contributed by atoms with Crippen molar-refractivity contribution in [3.8, 4) is 11.5 Å². The van der Waals surface area contributed by atoms with Crippen LogP contribution < -0.4 is 0 Å². The van der Waals surface area contributed by atoms with E-state index in [1.807, 2.05) is 37.9 Å². The lowest BCUT2D eigenvalue weighted by Crippen LogP contribution is -2.43. The Morgan fingerprint density at radius 3 is 2.50 bits per heavy atom. The highest BCUT2D eigenvalue weighted by Gasteiger charge is 2.24. The van der Waals surface area contributed by atoms with Gasteiger partial charge in [-0.2, -0.15) is 0 Å². The minimum Gasteiger partial charge on any atom is -0.419 e. The third-order valence-corrected chi connectivity index (χ3v) is 3.60. The summed E-state index contributed by atoms with van der Waals surface area (Å²) in [6.07, 6.45) is 0. The fourth-order valence-electron chi connectivity index (χ4n) is 1.56. The van der Waals surface area contributed by atoms with Gasteiger partial charge in [0.25, 0.3) is 0 Å². The Balaban J connectivity index is 2.11. The molecule has 0 aliphatic carbocycles. The Bertz CT molecular complexity index is 566. The van der Waals surface area contributed by atoms with Gasteiger partial charge in [0.1, 0.15) is 0 Å². The van der Waals surface area contributed by atoms with E-state index in [1.165, 1.54) is 0 Å². The van der Waals surface area contributed by atoms with Gasteiger partial charge in [0, 0.05) is 16.1 Å². The van der Waals surface area contributed by atoms with Crippen LogP contribution in [0.4, 0.5) is 0 Å². The third-order valence-electron chi connectivity index (χ3n) is 3.35. The van der Waals surface area contributed by atoms with Crippen molar-refractivity contribution in [3.05, 3.63) is 35.2 Å². The molecule has 0 spiro atoms. The van der Waals surface area contributed by atoms with Gasteiger partial charge in [-0.3, -0.25) is 4.90 Å². The highest BCUT2D eigenvalue weighted by atomic mass is 35.5. The second kappa shape index (κ2) is 5.91. The second-order valence-corrected chi connectivity index (χ2v) is 5.77. The number of nitrogens with zero attached hydrogens (tertiary/aromatic N) is 3. The molecule has 2 rings (SSSR count). The summed E-state index contributed by atoms with van der Waals surface area (Å²) >= 11 is 5.84. The maximum Gasteiger partial charge on any atom is 0.247 e. The number of benzene rings is 1. The highest BCUT2D eigenvalue weighted by molar-refractivity contribution is 6.30. The monoisotopic (exact) mass is 295 g/mol. The summed E-state index contributed by atoms with van der Waals surface area (Å²) in [7, 11) is 1.91. The van der Waals surface area contributed by atoms with Crippen molar-refractivity contribution in [2.24, 2.45) is 0 Å². The predicted molar refractivity (Wildman–Crippen MR) is 77.4 cm³/mol. The van der Waals surface area contributed by atoms with Crippen LogP contribution in [0.5, 0.6) is 0 Å². The zero-order chi connectivity index (χ0) is 14.8. The van der Waals surface area contributed by atoms with Crippen LogP contribution in [-0.2, 0) is 6.54 Å². The SMILES string of the molecule is CN(Cc1nnc(-c2ccc(Cl)cc2)o1)C(C)(C)CO. The van der Waals surface area contributed by atoms with Crippen LogP contribution >= 0.6 is 11.6 Å². The van der Waals surface area contributed by atoms with Gasteiger partial charge in [-0.05, 0) is 45.2 Å². The number of rotatable bonds is 5. The number of hydrogen-bond donors (Lipinski definition) is 1. The van der Waals surface area contributed by atoms with E-state index >= 15 is 0 Å². The van der Waals surface area contributed by atoms with Crippen LogP contribution in [-0.4, -0.2) is 39.4 Å². The van der Waals surface area contributed by atoms with E-state index in [9.17, 15) is 5.11 Å². The zero-order valence-corrected chi connectivity index (χ0v) is 12.6. The van der Waals surface area contributed by atoms with Crippen LogP contribution in [0.3, 0.4) is 0 Å². The van der Waals surface area contributed by atoms with Crippen LogP contribution in [0.1, 0.15) is 19.7 Å². The van der Waals surface area contributed by atoms with Gasteiger partial charge in [-0.25, -0.2) is 0 Å². The Labute approximate surface area is 123 Å². The van der Waals surface area contributed by atoms with E-state index in [-0.39, 0.29) is 12.1 Å². The van der Waals surface area contributed by atoms with E-state index < -0.39 is 0 Å². The molecule has 1 aromatic heterocycles. The molecule has 0 aliphatic heterocycles. The van der Waals surface area contributed by atoms with Crippen molar-refractivity contribution in [3.63, 3.8) is 0 Å². The third kappa shape index (κ3) is 3.36. The van der Waals surface area contributed by atoms with Gasteiger partial charge in [-0.15, -0.1) is 10.2 Å². The van der Waals surface area contributed by atoms with Gasteiger partial charge >= 0.3 is 0 Å². The normalized spacial score (nSPS) is 12.1. The summed E-state index contributed by atoms with van der Waals surface area (Å²) in [5.41, 5.74) is 0.492. The summed E-state index contributed by atoms with van der Waals surface area (Å²) in [6.45, 7) is 4.43. The Morgan fingerprint density at radius 2 is 1.90 bits per heavy atom. The van der Waals surface area contributed by atoms with Gasteiger partial charge in [0.2, 0.25) is 11.8 Å². The number of likely N-dealkylation sites (N-methyl/N-ethyl adjacent to an activating group) is 1. The van der Waals surface area contributed by atoms with Crippen molar-refractivity contribution in [1.29, 1.82) is 0 Å². The number of hydrogen-bond acceptors (Lipinski definition) is 5. The summed E-state index contributed by atoms with van der Waals surface area (Å²) < 4.78 is 5.63. The Hall–Kier alpha value is -1.43. The first kappa shape index (κ1) is 15.0. The number of aliphatic hydroxyl groups is 1. The zero-order valence-electron chi connectivity index (χ0n) is 11.8. The first-order valence-corrected chi connectivity index (χ1v) is 6.70. The molecule has 0 atom stereocenters. The molecule has 0 amide bonds. The maximum absolute atomic E-state index is 9.33. The minimum atomic E-state index is -0.338. The predicted octanol–water partition coefficient (Wildman–Crippen LogP) is 2.59. The van der Waals surface area contributed by atoms with E-state index in [0.717, 1.165) is 5.56 Å². The largest absolute Gasteiger partial charge is 0.419 e. The van der Waals surface area contributed by atoms with E-state index in [2.05, 4.69) is 10.2 Å². The molecule has 0 saturated heterocycles. The van der Waals surface area contributed by atoms with E-state index in [1.54, 1.807) is 12.1 Å². The highest BCUT2D eigenvalue weighted by Crippen LogP contribution is 2.21. The van der Waals surface area contributed by atoms with Crippen molar-refractivity contribution in [1.82, 2.24) is 15.1 Å². The fraction of sp³-hybridized carbons (Fsp3) is 0.429. The van der Waals surface area contributed by atoms with Crippen LogP contribution in [0.25, 0.3) is 11.5 Å². The molecule has 0 aliphatic rings. The molecule has 0 unspecified atom stereocenters. The van der Waals surface area contributed by atoms with Crippen molar-refractivity contribution in [2.75, 3.05) is 13.7 Å². The van der Waals surface area contributed by atoms with Gasteiger partial charge in [0.15, 0.2) is 0 Å². The van der Waals surface area contributed by atoms with Gasteiger partial charge in [0.05, 0.1) is 13.2 Å². The van der Waals surface area contributed by atoms with E-state index in [4.69, 9.17) is 16.0 Å². The topological polar surface area (TPSA) is 62.4 Å². The molecule has 5 nitrogen and oxygen atoms in total. The molecule has 0 saturated carbocycles. The van der Waals surface area contributed by atoms with Crippen molar-refractivity contribution >= 4 is 11.6 Å². The molecule has 20 heavy (non-hydrogen) atoms. The molecular weight excluding hydrogens is 278 g/mol. The lowest BCUT2D eigenvalue weighted by atomic mass is 10.1. The van der Waals surface area contributed by atoms with E-state index in [0.29, 0.717) is 23.3 Å². The molecular formula is C14H18ClN3O2.